The van der Waals surface area contributed by atoms with Gasteiger partial charge in [-0.15, -0.1) is 13.2 Å². The van der Waals surface area contributed by atoms with Crippen LogP contribution in [0.4, 0.5) is 18.9 Å². The Morgan fingerprint density at radius 3 is 2.43 bits per heavy atom. The van der Waals surface area contributed by atoms with E-state index in [2.05, 4.69) is 9.64 Å². The van der Waals surface area contributed by atoms with E-state index in [0.29, 0.717) is 12.1 Å². The van der Waals surface area contributed by atoms with Gasteiger partial charge in [0, 0.05) is 29.9 Å². The second kappa shape index (κ2) is 5.40. The summed E-state index contributed by atoms with van der Waals surface area (Å²) in [6.45, 7) is 0. The number of nitrogens with two attached hydrogens (primary N) is 1. The third kappa shape index (κ3) is 3.26. The number of anilines is 1. The second-order valence-electron chi connectivity index (χ2n) is 5.92. The van der Waals surface area contributed by atoms with Crippen molar-refractivity contribution in [3.63, 3.8) is 0 Å². The second-order valence-corrected chi connectivity index (χ2v) is 5.92. The van der Waals surface area contributed by atoms with E-state index in [-0.39, 0.29) is 11.8 Å². The summed E-state index contributed by atoms with van der Waals surface area (Å²) in [5.74, 6) is -0.159. The molecule has 1 aromatic carbocycles. The van der Waals surface area contributed by atoms with Gasteiger partial charge in [-0.25, -0.2) is 0 Å². The van der Waals surface area contributed by atoms with Crippen molar-refractivity contribution < 1.29 is 17.9 Å². The van der Waals surface area contributed by atoms with Gasteiger partial charge < -0.3 is 15.4 Å². The van der Waals surface area contributed by atoms with Gasteiger partial charge >= 0.3 is 6.36 Å². The zero-order valence-electron chi connectivity index (χ0n) is 11.6. The zero-order chi connectivity index (χ0) is 15.0. The van der Waals surface area contributed by atoms with Crippen LogP contribution in [0.3, 0.4) is 0 Å². The Morgan fingerprint density at radius 1 is 1.14 bits per heavy atom. The van der Waals surface area contributed by atoms with Gasteiger partial charge in [0.1, 0.15) is 5.75 Å². The zero-order valence-corrected chi connectivity index (χ0v) is 11.6. The molecule has 2 heterocycles. The van der Waals surface area contributed by atoms with E-state index in [4.69, 9.17) is 5.73 Å². The number of hydrogen-bond donors (Lipinski definition) is 1. The SMILES string of the molecule is NC1CC2CCCC(C1)N2c1cccc(OC(F)(F)F)c1. The lowest BCUT2D eigenvalue weighted by molar-refractivity contribution is -0.274. The first-order valence-electron chi connectivity index (χ1n) is 7.32. The van der Waals surface area contributed by atoms with Crippen LogP contribution in [-0.4, -0.2) is 24.5 Å². The fourth-order valence-corrected chi connectivity index (χ4v) is 3.69. The third-order valence-corrected chi connectivity index (χ3v) is 4.36. The van der Waals surface area contributed by atoms with Crippen molar-refractivity contribution in [2.75, 3.05) is 4.90 Å². The van der Waals surface area contributed by atoms with Gasteiger partial charge in [-0.2, -0.15) is 0 Å². The van der Waals surface area contributed by atoms with E-state index in [0.717, 1.165) is 37.8 Å². The van der Waals surface area contributed by atoms with Crippen molar-refractivity contribution >= 4 is 5.69 Å². The van der Waals surface area contributed by atoms with Crippen LogP contribution in [0.1, 0.15) is 32.1 Å². The first-order valence-corrected chi connectivity index (χ1v) is 7.32. The largest absolute Gasteiger partial charge is 0.573 e. The Kier molecular flexibility index (Phi) is 3.73. The summed E-state index contributed by atoms with van der Waals surface area (Å²) in [5, 5.41) is 0. The molecule has 6 heteroatoms. The minimum absolute atomic E-state index is 0.159. The molecule has 3 nitrogen and oxygen atoms in total. The highest BCUT2D eigenvalue weighted by Gasteiger charge is 2.37. The third-order valence-electron chi connectivity index (χ3n) is 4.36. The maximum Gasteiger partial charge on any atom is 0.573 e. The molecular weight excluding hydrogens is 281 g/mol. The molecular formula is C15H19F3N2O. The van der Waals surface area contributed by atoms with E-state index in [9.17, 15) is 13.2 Å². The number of hydrogen-bond acceptors (Lipinski definition) is 3. The van der Waals surface area contributed by atoms with E-state index >= 15 is 0 Å². The molecule has 0 spiro atoms. The molecule has 2 N–H and O–H groups in total. The molecule has 3 rings (SSSR count). The Bertz CT molecular complexity index is 492. The molecule has 2 saturated heterocycles. The van der Waals surface area contributed by atoms with Crippen LogP contribution in [0.15, 0.2) is 24.3 Å². The Hall–Kier alpha value is -1.43. The molecule has 0 aliphatic carbocycles. The van der Waals surface area contributed by atoms with Crippen LogP contribution < -0.4 is 15.4 Å². The summed E-state index contributed by atoms with van der Waals surface area (Å²) in [4.78, 5) is 2.25. The van der Waals surface area contributed by atoms with Crippen molar-refractivity contribution in [3.8, 4) is 5.75 Å². The van der Waals surface area contributed by atoms with Crippen molar-refractivity contribution in [1.82, 2.24) is 0 Å². The molecule has 0 amide bonds. The van der Waals surface area contributed by atoms with Gasteiger partial charge in [-0.3, -0.25) is 0 Å². The highest BCUT2D eigenvalue weighted by atomic mass is 19.4. The van der Waals surface area contributed by atoms with E-state index in [1.807, 2.05) is 6.07 Å². The normalized spacial score (nSPS) is 29.3. The molecule has 21 heavy (non-hydrogen) atoms. The number of benzene rings is 1. The first-order chi connectivity index (χ1) is 9.92. The topological polar surface area (TPSA) is 38.5 Å². The maximum absolute atomic E-state index is 12.3. The number of ether oxygens (including phenoxy) is 1. The lowest BCUT2D eigenvalue weighted by Crippen LogP contribution is -2.55. The Morgan fingerprint density at radius 2 is 1.81 bits per heavy atom. The fourth-order valence-electron chi connectivity index (χ4n) is 3.69. The predicted octanol–water partition coefficient (Wildman–Crippen LogP) is 3.43. The average Bonchev–Trinajstić information content (AvgIpc) is 2.35. The first kappa shape index (κ1) is 14.5. The number of piperidine rings is 2. The van der Waals surface area contributed by atoms with E-state index in [1.165, 1.54) is 12.1 Å². The molecule has 2 aliphatic rings. The molecule has 2 atom stereocenters. The molecule has 1 aromatic rings. The summed E-state index contributed by atoms with van der Waals surface area (Å²) < 4.78 is 41.1. The highest BCUT2D eigenvalue weighted by molar-refractivity contribution is 5.53. The predicted molar refractivity (Wildman–Crippen MR) is 74.2 cm³/mol. The van der Waals surface area contributed by atoms with Crippen LogP contribution in [-0.2, 0) is 0 Å². The molecule has 0 radical (unpaired) electrons. The summed E-state index contributed by atoms with van der Waals surface area (Å²) >= 11 is 0. The van der Waals surface area contributed by atoms with E-state index in [1.54, 1.807) is 6.07 Å². The van der Waals surface area contributed by atoms with Gasteiger partial charge in [-0.1, -0.05) is 6.07 Å². The number of halogens is 3. The van der Waals surface area contributed by atoms with Crippen LogP contribution in [0, 0.1) is 0 Å². The summed E-state index contributed by atoms with van der Waals surface area (Å²) in [6.07, 6.45) is 0.418. The molecule has 2 fully saturated rings. The van der Waals surface area contributed by atoms with Gasteiger partial charge in [0.25, 0.3) is 0 Å². The van der Waals surface area contributed by atoms with Crippen molar-refractivity contribution in [3.05, 3.63) is 24.3 Å². The number of nitrogens with zero attached hydrogens (tertiary/aromatic N) is 1. The quantitative estimate of drug-likeness (QED) is 0.909. The number of rotatable bonds is 2. The van der Waals surface area contributed by atoms with Crippen LogP contribution >= 0.6 is 0 Å². The molecule has 0 aromatic heterocycles. The summed E-state index contributed by atoms with van der Waals surface area (Å²) in [7, 11) is 0. The van der Waals surface area contributed by atoms with E-state index < -0.39 is 6.36 Å². The average molecular weight is 300 g/mol. The van der Waals surface area contributed by atoms with Crippen molar-refractivity contribution in [2.45, 2.75) is 56.6 Å². The smallest absolute Gasteiger partial charge is 0.406 e. The van der Waals surface area contributed by atoms with Gasteiger partial charge in [-0.05, 0) is 44.2 Å². The standard InChI is InChI=1S/C15H19F3N2O/c16-15(17,18)21-14-6-2-5-13(9-14)20-11-3-1-4-12(20)8-10(19)7-11/h2,5-6,9-12H,1,3-4,7-8,19H2. The van der Waals surface area contributed by atoms with Crippen LogP contribution in [0.2, 0.25) is 0 Å². The lowest BCUT2D eigenvalue weighted by Gasteiger charge is -2.49. The monoisotopic (exact) mass is 300 g/mol. The van der Waals surface area contributed by atoms with Gasteiger partial charge in [0.05, 0.1) is 0 Å². The molecule has 0 saturated carbocycles. The van der Waals surface area contributed by atoms with Crippen LogP contribution in [0.25, 0.3) is 0 Å². The Balaban J connectivity index is 1.84. The number of alkyl halides is 3. The highest BCUT2D eigenvalue weighted by Crippen LogP contribution is 2.38. The van der Waals surface area contributed by atoms with Gasteiger partial charge in [0.2, 0.25) is 0 Å². The van der Waals surface area contributed by atoms with Crippen LogP contribution in [0.5, 0.6) is 5.75 Å². The Labute approximate surface area is 121 Å². The fraction of sp³-hybridized carbons (Fsp3) is 0.600. The summed E-state index contributed by atoms with van der Waals surface area (Å²) in [6, 6.07) is 7.14. The van der Waals surface area contributed by atoms with Crippen molar-refractivity contribution in [1.29, 1.82) is 0 Å². The van der Waals surface area contributed by atoms with Gasteiger partial charge in [0.15, 0.2) is 0 Å². The minimum Gasteiger partial charge on any atom is -0.406 e. The number of fused-ring (bicyclic) bond motifs is 2. The molecule has 116 valence electrons. The lowest BCUT2D eigenvalue weighted by atomic mass is 9.81. The van der Waals surface area contributed by atoms with Crippen molar-refractivity contribution in [2.24, 2.45) is 5.73 Å². The maximum atomic E-state index is 12.3. The molecule has 2 aliphatic heterocycles. The molecule has 2 bridgehead atoms. The molecule has 2 unspecified atom stereocenters. The minimum atomic E-state index is -4.65. The summed E-state index contributed by atoms with van der Waals surface area (Å²) in [5.41, 5.74) is 6.88.